The standard InChI is InChI=1S/C25H44N4O4.HI/c1-8-28(6,9-2)16-12-18-32-24(30)26-22-15-14-21(5)23(20-22)27-25(31)33-19-13-17-29(7,10-3)11-4;/h14-15,20H,8-13,16-19H2,1-7H3;1H/p+1. The maximum Gasteiger partial charge on any atom is 0.411 e. The SMILES string of the molecule is CC[N+](C)(CC)CCCOC(=O)Nc1ccc(C)c(NC(=O)OCCC[N+](C)(CC)CC)c1.[I-]. The molecule has 0 fully saturated rings. The highest BCUT2D eigenvalue weighted by atomic mass is 127. The predicted molar refractivity (Wildman–Crippen MR) is 135 cm³/mol. The van der Waals surface area contributed by atoms with Crippen LogP contribution in [0.3, 0.4) is 0 Å². The largest absolute Gasteiger partial charge is 1.00 e. The third kappa shape index (κ3) is 11.7. The lowest BCUT2D eigenvalue weighted by Gasteiger charge is -2.32. The maximum atomic E-state index is 12.2. The molecule has 34 heavy (non-hydrogen) atoms. The summed E-state index contributed by atoms with van der Waals surface area (Å²) in [5.74, 6) is 0. The number of hydrogen-bond acceptors (Lipinski definition) is 4. The van der Waals surface area contributed by atoms with E-state index in [2.05, 4.69) is 52.4 Å². The smallest absolute Gasteiger partial charge is 0.411 e. The molecule has 0 aliphatic heterocycles. The second-order valence-electron chi connectivity index (χ2n) is 9.21. The lowest BCUT2D eigenvalue weighted by molar-refractivity contribution is -0.906. The molecule has 196 valence electrons. The molecular weight excluding hydrogens is 547 g/mol. The first kappa shape index (κ1) is 32.4. The minimum absolute atomic E-state index is 0. The fourth-order valence-electron chi connectivity index (χ4n) is 3.44. The van der Waals surface area contributed by atoms with Crippen molar-refractivity contribution in [2.75, 3.05) is 77.2 Å². The number of aryl methyl sites for hydroxylation is 1. The van der Waals surface area contributed by atoms with E-state index in [1.807, 2.05) is 13.0 Å². The fourth-order valence-corrected chi connectivity index (χ4v) is 3.44. The van der Waals surface area contributed by atoms with Crippen LogP contribution in [0.4, 0.5) is 21.0 Å². The van der Waals surface area contributed by atoms with E-state index in [0.717, 1.165) is 66.6 Å². The first-order chi connectivity index (χ1) is 15.6. The van der Waals surface area contributed by atoms with Crippen molar-refractivity contribution in [1.82, 2.24) is 0 Å². The zero-order valence-electron chi connectivity index (χ0n) is 22.2. The van der Waals surface area contributed by atoms with E-state index < -0.39 is 12.2 Å². The van der Waals surface area contributed by atoms with Gasteiger partial charge in [0.1, 0.15) is 0 Å². The van der Waals surface area contributed by atoms with Crippen LogP contribution in [-0.2, 0) is 9.47 Å². The highest BCUT2D eigenvalue weighted by molar-refractivity contribution is 5.89. The van der Waals surface area contributed by atoms with Crippen LogP contribution in [0, 0.1) is 6.92 Å². The summed E-state index contributed by atoms with van der Waals surface area (Å²) < 4.78 is 12.6. The van der Waals surface area contributed by atoms with Crippen LogP contribution in [0.2, 0.25) is 0 Å². The second-order valence-corrected chi connectivity index (χ2v) is 9.21. The fraction of sp³-hybridized carbons (Fsp3) is 0.680. The Balaban J connectivity index is 0.0000109. The number of amides is 2. The number of carbonyl (C=O) groups excluding carboxylic acids is 2. The Bertz CT molecular complexity index is 752. The Hall–Kier alpha value is -1.59. The van der Waals surface area contributed by atoms with Crippen LogP contribution in [0.25, 0.3) is 0 Å². The highest BCUT2D eigenvalue weighted by Gasteiger charge is 2.17. The molecule has 1 rings (SSSR count). The minimum Gasteiger partial charge on any atom is -1.00 e. The predicted octanol–water partition coefficient (Wildman–Crippen LogP) is 1.85. The maximum absolute atomic E-state index is 12.2. The molecule has 0 bridgehead atoms. The summed E-state index contributed by atoms with van der Waals surface area (Å²) in [5.41, 5.74) is 2.03. The van der Waals surface area contributed by atoms with Gasteiger partial charge in [-0.1, -0.05) is 6.07 Å². The number of anilines is 2. The van der Waals surface area contributed by atoms with Gasteiger partial charge in [0.25, 0.3) is 0 Å². The van der Waals surface area contributed by atoms with Crippen LogP contribution < -0.4 is 34.6 Å². The van der Waals surface area contributed by atoms with E-state index in [9.17, 15) is 9.59 Å². The van der Waals surface area contributed by atoms with E-state index in [4.69, 9.17) is 9.47 Å². The Kier molecular flexibility index (Phi) is 15.4. The molecule has 9 heteroatoms. The number of nitrogens with zero attached hydrogens (tertiary/aromatic N) is 2. The van der Waals surface area contributed by atoms with Gasteiger partial charge in [0.15, 0.2) is 0 Å². The van der Waals surface area contributed by atoms with Crippen LogP contribution in [0.5, 0.6) is 0 Å². The molecule has 0 radical (unpaired) electrons. The van der Waals surface area contributed by atoms with Crippen molar-refractivity contribution >= 4 is 23.6 Å². The quantitative estimate of drug-likeness (QED) is 0.196. The van der Waals surface area contributed by atoms with Crippen molar-refractivity contribution in [3.8, 4) is 0 Å². The van der Waals surface area contributed by atoms with Gasteiger partial charge in [0.05, 0.1) is 66.6 Å². The summed E-state index contributed by atoms with van der Waals surface area (Å²) in [6.45, 7) is 17.5. The number of quaternary nitrogens is 2. The lowest BCUT2D eigenvalue weighted by atomic mass is 10.2. The van der Waals surface area contributed by atoms with E-state index in [1.165, 1.54) is 0 Å². The Morgan fingerprint density at radius 1 is 0.794 bits per heavy atom. The number of rotatable bonds is 14. The second kappa shape index (κ2) is 16.1. The molecule has 0 aliphatic carbocycles. The lowest BCUT2D eigenvalue weighted by Crippen LogP contribution is -3.00. The molecule has 0 atom stereocenters. The van der Waals surface area contributed by atoms with E-state index in [0.29, 0.717) is 24.6 Å². The van der Waals surface area contributed by atoms with Gasteiger partial charge in [0.2, 0.25) is 0 Å². The normalized spacial score (nSPS) is 11.4. The monoisotopic (exact) mass is 593 g/mol. The van der Waals surface area contributed by atoms with Gasteiger partial charge in [-0.05, 0) is 52.3 Å². The average Bonchev–Trinajstić information content (AvgIpc) is 2.81. The molecule has 0 heterocycles. The molecule has 0 aliphatic rings. The average molecular weight is 594 g/mol. The number of nitrogens with one attached hydrogen (secondary N) is 2. The first-order valence-corrected chi connectivity index (χ1v) is 12.3. The number of hydrogen-bond donors (Lipinski definition) is 2. The van der Waals surface area contributed by atoms with Crippen molar-refractivity contribution in [2.24, 2.45) is 0 Å². The van der Waals surface area contributed by atoms with Gasteiger partial charge in [-0.3, -0.25) is 10.6 Å². The molecule has 0 saturated heterocycles. The van der Waals surface area contributed by atoms with Crippen LogP contribution in [-0.4, -0.2) is 87.7 Å². The summed E-state index contributed by atoms with van der Waals surface area (Å²) in [4.78, 5) is 24.4. The van der Waals surface area contributed by atoms with Gasteiger partial charge < -0.3 is 42.4 Å². The zero-order valence-corrected chi connectivity index (χ0v) is 24.4. The first-order valence-electron chi connectivity index (χ1n) is 12.3. The Labute approximate surface area is 223 Å². The van der Waals surface area contributed by atoms with Gasteiger partial charge in [-0.2, -0.15) is 0 Å². The molecule has 1 aromatic rings. The van der Waals surface area contributed by atoms with E-state index >= 15 is 0 Å². The molecule has 0 aromatic heterocycles. The zero-order chi connectivity index (χ0) is 24.9. The third-order valence-electron chi connectivity index (χ3n) is 6.93. The number of benzene rings is 1. The summed E-state index contributed by atoms with van der Waals surface area (Å²) in [5, 5.41) is 5.50. The molecule has 1 aromatic carbocycles. The van der Waals surface area contributed by atoms with E-state index in [-0.39, 0.29) is 24.0 Å². The van der Waals surface area contributed by atoms with Crippen LogP contribution in [0.15, 0.2) is 18.2 Å². The van der Waals surface area contributed by atoms with Crippen LogP contribution >= 0.6 is 0 Å². The van der Waals surface area contributed by atoms with Gasteiger partial charge >= 0.3 is 12.2 Å². The topological polar surface area (TPSA) is 76.7 Å². The van der Waals surface area contributed by atoms with Crippen molar-refractivity contribution in [3.05, 3.63) is 23.8 Å². The van der Waals surface area contributed by atoms with E-state index in [1.54, 1.807) is 12.1 Å². The summed E-state index contributed by atoms with van der Waals surface area (Å²) in [7, 11) is 4.41. The number of halogens is 1. The molecule has 0 spiro atoms. The summed E-state index contributed by atoms with van der Waals surface area (Å²) >= 11 is 0. The Morgan fingerprint density at radius 3 is 1.68 bits per heavy atom. The van der Waals surface area contributed by atoms with Crippen molar-refractivity contribution in [1.29, 1.82) is 0 Å². The summed E-state index contributed by atoms with van der Waals surface area (Å²) in [6.07, 6.45) is 0.634. The van der Waals surface area contributed by atoms with Crippen molar-refractivity contribution in [3.63, 3.8) is 0 Å². The van der Waals surface area contributed by atoms with Gasteiger partial charge in [-0.25, -0.2) is 9.59 Å². The summed E-state index contributed by atoms with van der Waals surface area (Å²) in [6, 6.07) is 5.33. The minimum atomic E-state index is -0.498. The molecule has 0 unspecified atom stereocenters. The highest BCUT2D eigenvalue weighted by Crippen LogP contribution is 2.21. The van der Waals surface area contributed by atoms with Gasteiger partial charge in [-0.15, -0.1) is 0 Å². The molecule has 0 saturated carbocycles. The Morgan fingerprint density at radius 2 is 1.24 bits per heavy atom. The van der Waals surface area contributed by atoms with Crippen LogP contribution in [0.1, 0.15) is 46.1 Å². The molecule has 8 nitrogen and oxygen atoms in total. The van der Waals surface area contributed by atoms with Crippen molar-refractivity contribution < 1.29 is 52.0 Å². The number of ether oxygens (including phenoxy) is 2. The van der Waals surface area contributed by atoms with Gasteiger partial charge in [0, 0.05) is 24.2 Å². The molecular formula is C25H46IN4O4+. The van der Waals surface area contributed by atoms with Crippen molar-refractivity contribution in [2.45, 2.75) is 47.5 Å². The third-order valence-corrected chi connectivity index (χ3v) is 6.93. The number of carbonyl (C=O) groups is 2. The molecule has 2 N–H and O–H groups in total. The molecule has 2 amide bonds.